The van der Waals surface area contributed by atoms with Gasteiger partial charge in [-0.2, -0.15) is 5.10 Å². The monoisotopic (exact) mass is 433 g/mol. The summed E-state index contributed by atoms with van der Waals surface area (Å²) >= 11 is 1.81. The molecule has 0 saturated heterocycles. The molecule has 0 atom stereocenters. The summed E-state index contributed by atoms with van der Waals surface area (Å²) < 4.78 is 1.90. The van der Waals surface area contributed by atoms with Gasteiger partial charge < -0.3 is 10.2 Å². The van der Waals surface area contributed by atoms with E-state index in [1.807, 2.05) is 28.3 Å². The molecule has 0 spiro atoms. The van der Waals surface area contributed by atoms with Crippen molar-refractivity contribution in [2.75, 3.05) is 26.7 Å². The molecule has 0 amide bonds. The molecule has 0 aliphatic rings. The standard InChI is InChI=1S/C15H23N5S.HI/c1-3-16-15(17-9-12-20-10-5-8-18-20)19(2)11-7-14-6-4-13-21-14;/h4-6,8,10,13H,3,7,9,11-12H2,1-2H3,(H,16,17);1H. The van der Waals surface area contributed by atoms with Crippen LogP contribution in [0.1, 0.15) is 11.8 Å². The predicted octanol–water partition coefficient (Wildman–Crippen LogP) is 2.70. The summed E-state index contributed by atoms with van der Waals surface area (Å²) in [5.41, 5.74) is 0. The van der Waals surface area contributed by atoms with Crippen molar-refractivity contribution in [3.63, 3.8) is 0 Å². The number of hydrogen-bond donors (Lipinski definition) is 1. The Morgan fingerprint density at radius 3 is 2.95 bits per heavy atom. The second-order valence-corrected chi connectivity index (χ2v) is 5.79. The highest BCUT2D eigenvalue weighted by molar-refractivity contribution is 14.0. The van der Waals surface area contributed by atoms with Gasteiger partial charge >= 0.3 is 0 Å². The summed E-state index contributed by atoms with van der Waals surface area (Å²) in [6, 6.07) is 6.21. The van der Waals surface area contributed by atoms with Crippen molar-refractivity contribution < 1.29 is 0 Å². The highest BCUT2D eigenvalue weighted by atomic mass is 127. The molecule has 0 bridgehead atoms. The van der Waals surface area contributed by atoms with Gasteiger partial charge in [0.2, 0.25) is 0 Å². The average Bonchev–Trinajstić information content (AvgIpc) is 3.17. The number of aliphatic imine (C=N–C) groups is 1. The van der Waals surface area contributed by atoms with Crippen molar-refractivity contribution in [1.82, 2.24) is 20.0 Å². The van der Waals surface area contributed by atoms with Gasteiger partial charge in [0, 0.05) is 37.4 Å². The molecular formula is C15H24IN5S. The van der Waals surface area contributed by atoms with Crippen molar-refractivity contribution in [1.29, 1.82) is 0 Å². The Hall–Kier alpha value is -1.09. The van der Waals surface area contributed by atoms with Crippen LogP contribution in [0.4, 0.5) is 0 Å². The molecule has 2 aromatic heterocycles. The lowest BCUT2D eigenvalue weighted by Gasteiger charge is -2.21. The van der Waals surface area contributed by atoms with Gasteiger partial charge in [-0.15, -0.1) is 35.3 Å². The van der Waals surface area contributed by atoms with Crippen LogP contribution in [-0.4, -0.2) is 47.3 Å². The van der Waals surface area contributed by atoms with E-state index in [4.69, 9.17) is 0 Å². The number of hydrogen-bond acceptors (Lipinski definition) is 3. The zero-order valence-electron chi connectivity index (χ0n) is 13.1. The highest BCUT2D eigenvalue weighted by Gasteiger charge is 2.05. The molecule has 2 rings (SSSR count). The average molecular weight is 433 g/mol. The summed E-state index contributed by atoms with van der Waals surface area (Å²) in [4.78, 5) is 8.26. The molecule has 0 fully saturated rings. The summed E-state index contributed by atoms with van der Waals surface area (Å²) in [5.74, 6) is 0.959. The molecule has 2 aromatic rings. The summed E-state index contributed by atoms with van der Waals surface area (Å²) in [5, 5.41) is 9.65. The Balaban J connectivity index is 0.00000242. The molecular weight excluding hydrogens is 409 g/mol. The van der Waals surface area contributed by atoms with Crippen molar-refractivity contribution >= 4 is 41.3 Å². The maximum Gasteiger partial charge on any atom is 0.193 e. The van der Waals surface area contributed by atoms with Crippen LogP contribution in [0.5, 0.6) is 0 Å². The summed E-state index contributed by atoms with van der Waals surface area (Å²) in [6.45, 7) is 5.47. The van der Waals surface area contributed by atoms with Gasteiger partial charge in [0.25, 0.3) is 0 Å². The third-order valence-corrected chi connectivity index (χ3v) is 4.06. The number of aromatic nitrogens is 2. The quantitative estimate of drug-likeness (QED) is 0.415. The highest BCUT2D eigenvalue weighted by Crippen LogP contribution is 2.09. The lowest BCUT2D eigenvalue weighted by molar-refractivity contribution is 0.484. The number of likely N-dealkylation sites (N-methyl/N-ethyl adjacent to an activating group) is 1. The Labute approximate surface area is 153 Å². The number of thiophene rings is 1. The largest absolute Gasteiger partial charge is 0.357 e. The SMILES string of the molecule is CCNC(=NCCn1cccn1)N(C)CCc1cccs1.I. The van der Waals surface area contributed by atoms with Crippen LogP contribution >= 0.6 is 35.3 Å². The first kappa shape index (κ1) is 19.0. The molecule has 1 N–H and O–H groups in total. The van der Waals surface area contributed by atoms with Crippen LogP contribution in [0.3, 0.4) is 0 Å². The molecule has 0 aromatic carbocycles. The second kappa shape index (κ2) is 10.6. The summed E-state index contributed by atoms with van der Waals surface area (Å²) in [7, 11) is 2.09. The van der Waals surface area contributed by atoms with E-state index >= 15 is 0 Å². The minimum absolute atomic E-state index is 0. The Bertz CT molecular complexity index is 524. The van der Waals surface area contributed by atoms with Crippen LogP contribution in [0.15, 0.2) is 41.0 Å². The predicted molar refractivity (Wildman–Crippen MR) is 104 cm³/mol. The van der Waals surface area contributed by atoms with E-state index in [9.17, 15) is 0 Å². The number of nitrogens with zero attached hydrogens (tertiary/aromatic N) is 4. The van der Waals surface area contributed by atoms with E-state index in [1.165, 1.54) is 4.88 Å². The van der Waals surface area contributed by atoms with Gasteiger partial charge in [-0.3, -0.25) is 9.67 Å². The van der Waals surface area contributed by atoms with Crippen molar-refractivity contribution in [3.8, 4) is 0 Å². The first-order chi connectivity index (χ1) is 10.3. The van der Waals surface area contributed by atoms with Crippen LogP contribution in [0.25, 0.3) is 0 Å². The number of rotatable bonds is 7. The van der Waals surface area contributed by atoms with E-state index in [0.717, 1.165) is 38.6 Å². The van der Waals surface area contributed by atoms with Crippen molar-refractivity contribution in [2.45, 2.75) is 19.9 Å². The Kier molecular flexibility index (Phi) is 9.14. The second-order valence-electron chi connectivity index (χ2n) is 4.76. The normalized spacial score (nSPS) is 11.1. The fraction of sp³-hybridized carbons (Fsp3) is 0.467. The molecule has 0 aliphatic carbocycles. The molecule has 2 heterocycles. The lowest BCUT2D eigenvalue weighted by atomic mass is 10.3. The van der Waals surface area contributed by atoms with E-state index in [1.54, 1.807) is 6.20 Å². The zero-order chi connectivity index (χ0) is 14.9. The third-order valence-electron chi connectivity index (χ3n) is 3.12. The van der Waals surface area contributed by atoms with Gasteiger partial charge in [0.15, 0.2) is 5.96 Å². The molecule has 5 nitrogen and oxygen atoms in total. The number of halogens is 1. The molecule has 0 aliphatic heterocycles. The number of guanidine groups is 1. The van der Waals surface area contributed by atoms with Gasteiger partial charge in [-0.25, -0.2) is 0 Å². The first-order valence-electron chi connectivity index (χ1n) is 7.29. The topological polar surface area (TPSA) is 45.5 Å². The Morgan fingerprint density at radius 1 is 1.45 bits per heavy atom. The maximum absolute atomic E-state index is 4.66. The minimum Gasteiger partial charge on any atom is -0.357 e. The zero-order valence-corrected chi connectivity index (χ0v) is 16.3. The number of nitrogens with one attached hydrogen (secondary N) is 1. The van der Waals surface area contributed by atoms with Crippen LogP contribution in [0, 0.1) is 0 Å². The van der Waals surface area contributed by atoms with Gasteiger partial charge in [-0.05, 0) is 30.9 Å². The third kappa shape index (κ3) is 6.35. The lowest BCUT2D eigenvalue weighted by Crippen LogP contribution is -2.40. The van der Waals surface area contributed by atoms with E-state index in [0.29, 0.717) is 0 Å². The van der Waals surface area contributed by atoms with Crippen molar-refractivity contribution in [3.05, 3.63) is 40.8 Å². The molecule has 0 unspecified atom stereocenters. The molecule has 122 valence electrons. The molecule has 22 heavy (non-hydrogen) atoms. The molecule has 0 radical (unpaired) electrons. The smallest absolute Gasteiger partial charge is 0.193 e. The van der Waals surface area contributed by atoms with Crippen LogP contribution in [-0.2, 0) is 13.0 Å². The first-order valence-corrected chi connectivity index (χ1v) is 8.17. The fourth-order valence-electron chi connectivity index (χ4n) is 2.00. The van der Waals surface area contributed by atoms with Crippen molar-refractivity contribution in [2.24, 2.45) is 4.99 Å². The van der Waals surface area contributed by atoms with Crippen LogP contribution < -0.4 is 5.32 Å². The molecule has 7 heteroatoms. The Morgan fingerprint density at radius 2 is 2.32 bits per heavy atom. The van der Waals surface area contributed by atoms with E-state index in [2.05, 4.69) is 51.8 Å². The summed E-state index contributed by atoms with van der Waals surface area (Å²) in [6.07, 6.45) is 4.81. The van der Waals surface area contributed by atoms with Gasteiger partial charge in [0.1, 0.15) is 0 Å². The van der Waals surface area contributed by atoms with Gasteiger partial charge in [-0.1, -0.05) is 6.07 Å². The fourth-order valence-corrected chi connectivity index (χ4v) is 2.70. The van der Waals surface area contributed by atoms with Crippen LogP contribution in [0.2, 0.25) is 0 Å². The minimum atomic E-state index is 0. The van der Waals surface area contributed by atoms with E-state index in [-0.39, 0.29) is 24.0 Å². The maximum atomic E-state index is 4.66. The van der Waals surface area contributed by atoms with Gasteiger partial charge in [0.05, 0.1) is 13.1 Å². The molecule has 0 saturated carbocycles. The van der Waals surface area contributed by atoms with E-state index < -0.39 is 0 Å².